The number of aromatic amines is 2. The van der Waals surface area contributed by atoms with E-state index in [2.05, 4.69) is 50.7 Å². The molecule has 0 saturated heterocycles. The van der Waals surface area contributed by atoms with E-state index in [4.69, 9.17) is 4.52 Å². The molecule has 0 aliphatic heterocycles. The van der Waals surface area contributed by atoms with Crippen molar-refractivity contribution in [3.05, 3.63) is 82.9 Å². The first-order valence-electron chi connectivity index (χ1n) is 9.84. The maximum Gasteiger partial charge on any atom is 0.138 e. The fraction of sp³-hybridized carbons (Fsp3) is 0.130. The van der Waals surface area contributed by atoms with E-state index >= 15 is 0 Å². The topological polar surface area (TPSA) is 109 Å². The summed E-state index contributed by atoms with van der Waals surface area (Å²) in [5.74, 6) is 0. The Bertz CT molecular complexity index is 1430. The summed E-state index contributed by atoms with van der Waals surface area (Å²) in [5.41, 5.74) is 6.56. The van der Waals surface area contributed by atoms with Gasteiger partial charge < -0.3 is 19.0 Å². The van der Waals surface area contributed by atoms with Crippen LogP contribution in [0.15, 0.2) is 75.0 Å². The van der Waals surface area contributed by atoms with E-state index < -0.39 is 0 Å². The van der Waals surface area contributed by atoms with Crippen LogP contribution in [0, 0.1) is 20.8 Å². The highest BCUT2D eigenvalue weighted by Crippen LogP contribution is 2.22. The van der Waals surface area contributed by atoms with Gasteiger partial charge in [0.2, 0.25) is 0 Å². The van der Waals surface area contributed by atoms with Gasteiger partial charge in [-0.25, -0.2) is 9.97 Å². The van der Waals surface area contributed by atoms with Gasteiger partial charge in [-0.2, -0.15) is 0 Å². The Morgan fingerprint density at radius 3 is 1.91 bits per heavy atom. The molecule has 9 heteroatoms. The number of halogens is 1. The zero-order chi connectivity index (χ0) is 22.5. The second-order valence-electron chi connectivity index (χ2n) is 7.06. The maximum atomic E-state index is 4.89. The number of hydrogen-bond donors (Lipinski definition) is 2. The monoisotopic (exact) mass is 492 g/mol. The predicted molar refractivity (Wildman–Crippen MR) is 126 cm³/mol. The number of H-pyrrole nitrogens is 2. The number of nitrogens with one attached hydrogen (secondary N) is 2. The number of hydrogen-bond acceptors (Lipinski definition) is 6. The molecule has 6 aromatic heterocycles. The smallest absolute Gasteiger partial charge is 0.138 e. The van der Waals surface area contributed by atoms with Gasteiger partial charge in [0, 0.05) is 28.7 Å². The Kier molecular flexibility index (Phi) is 6.46. The SMILES string of the molecule is Brc1ccc2cc[nH]c2n1.Cc1conc1C.Cc1nocc1-c1ccc2cc[nH]c2n1. The van der Waals surface area contributed by atoms with Crippen LogP contribution in [0.5, 0.6) is 0 Å². The molecule has 0 amide bonds. The molecule has 162 valence electrons. The summed E-state index contributed by atoms with van der Waals surface area (Å²) >= 11 is 3.29. The van der Waals surface area contributed by atoms with Crippen LogP contribution >= 0.6 is 15.9 Å². The lowest BCUT2D eigenvalue weighted by Gasteiger charge is -1.97. The van der Waals surface area contributed by atoms with Crippen molar-refractivity contribution in [2.75, 3.05) is 0 Å². The molecule has 6 rings (SSSR count). The first-order valence-corrected chi connectivity index (χ1v) is 10.6. The Morgan fingerprint density at radius 2 is 1.34 bits per heavy atom. The van der Waals surface area contributed by atoms with Gasteiger partial charge in [0.1, 0.15) is 28.4 Å². The van der Waals surface area contributed by atoms with Crippen molar-refractivity contribution in [1.29, 1.82) is 0 Å². The van der Waals surface area contributed by atoms with Crippen molar-refractivity contribution in [3.63, 3.8) is 0 Å². The second-order valence-corrected chi connectivity index (χ2v) is 7.87. The molecule has 0 atom stereocenters. The number of rotatable bonds is 1. The van der Waals surface area contributed by atoms with Crippen LogP contribution in [0.2, 0.25) is 0 Å². The molecule has 0 fully saturated rings. The molecule has 8 nitrogen and oxygen atoms in total. The van der Waals surface area contributed by atoms with Gasteiger partial charge in [0.05, 0.1) is 22.6 Å². The summed E-state index contributed by atoms with van der Waals surface area (Å²) in [6.07, 6.45) is 7.01. The van der Waals surface area contributed by atoms with E-state index in [0.717, 1.165) is 54.9 Å². The van der Waals surface area contributed by atoms with E-state index in [1.807, 2.05) is 69.6 Å². The average Bonchev–Trinajstić information content (AvgIpc) is 3.57. The third-order valence-corrected chi connectivity index (χ3v) is 5.24. The van der Waals surface area contributed by atoms with Crippen molar-refractivity contribution in [2.24, 2.45) is 0 Å². The molecule has 0 bridgehead atoms. The summed E-state index contributed by atoms with van der Waals surface area (Å²) in [5, 5.41) is 9.72. The lowest BCUT2D eigenvalue weighted by Crippen LogP contribution is -1.84. The summed E-state index contributed by atoms with van der Waals surface area (Å²) in [6.45, 7) is 5.78. The van der Waals surface area contributed by atoms with Crippen LogP contribution in [0.4, 0.5) is 0 Å². The lowest BCUT2D eigenvalue weighted by molar-refractivity contribution is 0.414. The van der Waals surface area contributed by atoms with Crippen LogP contribution in [-0.2, 0) is 0 Å². The third kappa shape index (κ3) is 4.94. The molecule has 32 heavy (non-hydrogen) atoms. The van der Waals surface area contributed by atoms with Crippen LogP contribution in [-0.4, -0.2) is 30.2 Å². The molecule has 6 heterocycles. The van der Waals surface area contributed by atoms with E-state index in [-0.39, 0.29) is 0 Å². The summed E-state index contributed by atoms with van der Waals surface area (Å²) in [7, 11) is 0. The van der Waals surface area contributed by atoms with Crippen LogP contribution in [0.1, 0.15) is 17.0 Å². The van der Waals surface area contributed by atoms with E-state index in [1.165, 1.54) is 0 Å². The average molecular weight is 493 g/mol. The number of fused-ring (bicyclic) bond motifs is 2. The highest BCUT2D eigenvalue weighted by molar-refractivity contribution is 9.10. The zero-order valence-corrected chi connectivity index (χ0v) is 19.3. The molecule has 0 spiro atoms. The molecule has 2 N–H and O–H groups in total. The summed E-state index contributed by atoms with van der Waals surface area (Å²) in [6, 6.07) is 11.9. The van der Waals surface area contributed by atoms with Crippen LogP contribution in [0.25, 0.3) is 33.3 Å². The van der Waals surface area contributed by atoms with Gasteiger partial charge in [-0.1, -0.05) is 10.3 Å². The molecule has 0 aliphatic rings. The van der Waals surface area contributed by atoms with Gasteiger partial charge in [0.25, 0.3) is 0 Å². The minimum atomic E-state index is 0.855. The standard InChI is InChI=1S/C11H9N3O.C7H5BrN2.C5H7NO/c1-7-9(6-15-14-7)10-3-2-8-4-5-12-11(8)13-10;8-6-2-1-5-3-4-9-7(5)10-6;1-4-3-7-6-5(4)2/h2-6H,1H3,(H,12,13);1-4H,(H,9,10);3H,1-2H3. The molecular weight excluding hydrogens is 472 g/mol. The Morgan fingerprint density at radius 1 is 0.719 bits per heavy atom. The minimum absolute atomic E-state index is 0.855. The zero-order valence-electron chi connectivity index (χ0n) is 17.8. The van der Waals surface area contributed by atoms with Crippen LogP contribution < -0.4 is 0 Å². The summed E-state index contributed by atoms with van der Waals surface area (Å²) < 4.78 is 10.4. The Balaban J connectivity index is 0.000000125. The fourth-order valence-corrected chi connectivity index (χ4v) is 3.18. The lowest BCUT2D eigenvalue weighted by atomic mass is 10.1. The van der Waals surface area contributed by atoms with Gasteiger partial charge >= 0.3 is 0 Å². The molecule has 0 aromatic carbocycles. The molecule has 0 saturated carbocycles. The van der Waals surface area contributed by atoms with Crippen molar-refractivity contribution in [3.8, 4) is 11.3 Å². The Hall–Kier alpha value is -3.72. The van der Waals surface area contributed by atoms with E-state index in [0.29, 0.717) is 0 Å². The minimum Gasteiger partial charge on any atom is -0.364 e. The van der Waals surface area contributed by atoms with E-state index in [1.54, 1.807) is 12.5 Å². The quantitative estimate of drug-likeness (QED) is 0.266. The van der Waals surface area contributed by atoms with Crippen molar-refractivity contribution in [2.45, 2.75) is 20.8 Å². The van der Waals surface area contributed by atoms with Gasteiger partial charge in [0.15, 0.2) is 0 Å². The number of nitrogens with zero attached hydrogens (tertiary/aromatic N) is 4. The van der Waals surface area contributed by atoms with Gasteiger partial charge in [-0.05, 0) is 73.1 Å². The van der Waals surface area contributed by atoms with Crippen molar-refractivity contribution in [1.82, 2.24) is 30.2 Å². The molecule has 0 unspecified atom stereocenters. The Labute approximate surface area is 192 Å². The molecule has 0 aliphatic carbocycles. The number of aryl methyl sites for hydroxylation is 3. The predicted octanol–water partition coefficient (Wildman–Crippen LogP) is 6.14. The fourth-order valence-electron chi connectivity index (χ4n) is 2.87. The van der Waals surface area contributed by atoms with Crippen molar-refractivity contribution < 1.29 is 9.05 Å². The van der Waals surface area contributed by atoms with E-state index in [9.17, 15) is 0 Å². The van der Waals surface area contributed by atoms with Crippen LogP contribution in [0.3, 0.4) is 0 Å². The first-order chi connectivity index (χ1) is 15.5. The highest BCUT2D eigenvalue weighted by atomic mass is 79.9. The second kappa shape index (κ2) is 9.61. The normalized spacial score (nSPS) is 10.5. The number of aromatic nitrogens is 6. The molecule has 6 aromatic rings. The maximum absolute atomic E-state index is 4.89. The molecular formula is C23H21BrN6O2. The summed E-state index contributed by atoms with van der Waals surface area (Å²) in [4.78, 5) is 14.8. The van der Waals surface area contributed by atoms with Crippen molar-refractivity contribution >= 4 is 38.0 Å². The van der Waals surface area contributed by atoms with Gasteiger partial charge in [-0.15, -0.1) is 0 Å². The first kappa shape index (κ1) is 21.5. The highest BCUT2D eigenvalue weighted by Gasteiger charge is 2.08. The van der Waals surface area contributed by atoms with Gasteiger partial charge in [-0.3, -0.25) is 0 Å². The third-order valence-electron chi connectivity index (χ3n) is 4.80. The number of pyridine rings is 2. The largest absolute Gasteiger partial charge is 0.364 e. The molecule has 0 radical (unpaired) electrons.